The summed E-state index contributed by atoms with van der Waals surface area (Å²) in [7, 11) is 1.87. The summed E-state index contributed by atoms with van der Waals surface area (Å²) in [6.07, 6.45) is 2.69. The highest BCUT2D eigenvalue weighted by Gasteiger charge is 2.26. The van der Waals surface area contributed by atoms with Crippen LogP contribution in [0, 0.1) is 5.41 Å². The molecule has 0 unspecified atom stereocenters. The molecule has 0 heterocycles. The maximum atomic E-state index is 12.1. The molecule has 0 rings (SSSR count). The van der Waals surface area contributed by atoms with E-state index in [-0.39, 0.29) is 54.0 Å². The lowest BCUT2D eigenvalue weighted by Crippen LogP contribution is -2.49. The van der Waals surface area contributed by atoms with Crippen LogP contribution in [-0.2, 0) is 4.79 Å². The topological polar surface area (TPSA) is 77.0 Å². The van der Waals surface area contributed by atoms with Crippen molar-refractivity contribution in [2.24, 2.45) is 10.4 Å². The summed E-state index contributed by atoms with van der Waals surface area (Å²) in [5, 5.41) is 15.6. The highest BCUT2D eigenvalue weighted by Crippen LogP contribution is 2.30. The van der Waals surface area contributed by atoms with Crippen LogP contribution in [0.3, 0.4) is 0 Å². The van der Waals surface area contributed by atoms with Gasteiger partial charge in [0.15, 0.2) is 5.96 Å². The van der Waals surface area contributed by atoms with Gasteiger partial charge >= 0.3 is 0 Å². The molecule has 0 bridgehead atoms. The van der Waals surface area contributed by atoms with E-state index in [1.807, 2.05) is 39.6 Å². The molecule has 0 aliphatic carbocycles. The van der Waals surface area contributed by atoms with E-state index >= 15 is 0 Å². The van der Waals surface area contributed by atoms with Crippen molar-refractivity contribution >= 4 is 35.8 Å². The van der Waals surface area contributed by atoms with Gasteiger partial charge in [0.05, 0.1) is 6.54 Å². The number of amides is 1. The molecule has 0 aromatic rings. The maximum absolute atomic E-state index is 12.1. The van der Waals surface area contributed by atoms with E-state index in [1.54, 1.807) is 0 Å². The van der Waals surface area contributed by atoms with Crippen molar-refractivity contribution in [1.29, 1.82) is 0 Å². The summed E-state index contributed by atoms with van der Waals surface area (Å²) in [6.45, 7) is 14.0. The zero-order valence-electron chi connectivity index (χ0n) is 17.1. The molecule has 7 heteroatoms. The molecular weight excluding hydrogens is 431 g/mol. The number of aliphatic hydroxyl groups is 1. The summed E-state index contributed by atoms with van der Waals surface area (Å²) in [5.41, 5.74) is -0.224. The van der Waals surface area contributed by atoms with Gasteiger partial charge in [0.25, 0.3) is 0 Å². The molecule has 0 aromatic heterocycles. The molecule has 25 heavy (non-hydrogen) atoms. The van der Waals surface area contributed by atoms with Crippen LogP contribution in [0.2, 0.25) is 0 Å². The molecule has 0 atom stereocenters. The standard InChI is InChI=1S/C18H38N4O2.HI/c1-8-18(9-2,11-12-23)14-20-16(19-10-3)22(7)13-15(24)21-17(4,5)6;/h23H,8-14H2,1-7H3,(H,19,20)(H,21,24);1H. The summed E-state index contributed by atoms with van der Waals surface area (Å²) in [5.74, 6) is 0.703. The first kappa shape index (κ1) is 26.7. The van der Waals surface area contributed by atoms with Crippen molar-refractivity contribution in [2.45, 2.75) is 66.3 Å². The monoisotopic (exact) mass is 470 g/mol. The molecule has 0 aliphatic rings. The van der Waals surface area contributed by atoms with Gasteiger partial charge in [0.1, 0.15) is 0 Å². The van der Waals surface area contributed by atoms with Crippen LogP contribution in [0.4, 0.5) is 0 Å². The molecule has 0 aromatic carbocycles. The first-order valence-electron chi connectivity index (χ1n) is 9.04. The Bertz CT molecular complexity index is 404. The van der Waals surface area contributed by atoms with Gasteiger partial charge in [-0.15, -0.1) is 24.0 Å². The Kier molecular flexibility index (Phi) is 13.6. The Morgan fingerprint density at radius 1 is 1.16 bits per heavy atom. The predicted molar refractivity (Wildman–Crippen MR) is 117 cm³/mol. The molecular formula is C18H39IN4O2. The number of guanidine groups is 1. The quantitative estimate of drug-likeness (QED) is 0.275. The van der Waals surface area contributed by atoms with Gasteiger partial charge in [-0.05, 0) is 52.4 Å². The molecule has 3 N–H and O–H groups in total. The zero-order chi connectivity index (χ0) is 18.8. The molecule has 0 aliphatic heterocycles. The van der Waals surface area contributed by atoms with Crippen molar-refractivity contribution in [3.05, 3.63) is 0 Å². The number of nitrogens with one attached hydrogen (secondary N) is 2. The van der Waals surface area contributed by atoms with E-state index < -0.39 is 0 Å². The van der Waals surface area contributed by atoms with E-state index in [9.17, 15) is 9.90 Å². The second-order valence-corrected chi connectivity index (χ2v) is 7.51. The maximum Gasteiger partial charge on any atom is 0.240 e. The Morgan fingerprint density at radius 3 is 2.12 bits per heavy atom. The van der Waals surface area contributed by atoms with Gasteiger partial charge in [-0.2, -0.15) is 0 Å². The van der Waals surface area contributed by atoms with Gasteiger partial charge in [-0.1, -0.05) is 13.8 Å². The Balaban J connectivity index is 0. The van der Waals surface area contributed by atoms with E-state index in [0.717, 1.165) is 31.8 Å². The summed E-state index contributed by atoms with van der Waals surface area (Å²) in [6, 6.07) is 0. The highest BCUT2D eigenvalue weighted by molar-refractivity contribution is 14.0. The van der Waals surface area contributed by atoms with E-state index in [2.05, 4.69) is 24.5 Å². The van der Waals surface area contributed by atoms with Crippen molar-refractivity contribution in [2.75, 3.05) is 33.3 Å². The number of likely N-dealkylation sites (N-methyl/N-ethyl adjacent to an activating group) is 1. The Morgan fingerprint density at radius 2 is 1.72 bits per heavy atom. The first-order valence-corrected chi connectivity index (χ1v) is 9.04. The lowest BCUT2D eigenvalue weighted by molar-refractivity contribution is -0.122. The number of halogens is 1. The Hall–Kier alpha value is -0.570. The zero-order valence-corrected chi connectivity index (χ0v) is 19.4. The number of carbonyl (C=O) groups excluding carboxylic acids is 1. The molecule has 0 saturated carbocycles. The molecule has 6 nitrogen and oxygen atoms in total. The SMILES string of the molecule is CCNC(=NCC(CC)(CC)CCO)N(C)CC(=O)NC(C)(C)C.I. The fourth-order valence-electron chi connectivity index (χ4n) is 2.60. The third kappa shape index (κ3) is 10.9. The first-order chi connectivity index (χ1) is 11.1. The average Bonchev–Trinajstić information content (AvgIpc) is 2.48. The van der Waals surface area contributed by atoms with E-state index in [1.165, 1.54) is 0 Å². The lowest BCUT2D eigenvalue weighted by Gasteiger charge is -2.31. The van der Waals surface area contributed by atoms with Gasteiger partial charge < -0.3 is 20.6 Å². The second-order valence-electron chi connectivity index (χ2n) is 7.51. The fraction of sp³-hybridized carbons (Fsp3) is 0.889. The molecule has 1 amide bonds. The number of aliphatic hydroxyl groups excluding tert-OH is 1. The van der Waals surface area contributed by atoms with Crippen LogP contribution in [0.15, 0.2) is 4.99 Å². The van der Waals surface area contributed by atoms with Crippen LogP contribution < -0.4 is 10.6 Å². The number of carbonyl (C=O) groups is 1. The van der Waals surface area contributed by atoms with Gasteiger partial charge in [0.2, 0.25) is 5.91 Å². The average molecular weight is 470 g/mol. The number of hydrogen-bond acceptors (Lipinski definition) is 3. The fourth-order valence-corrected chi connectivity index (χ4v) is 2.60. The summed E-state index contributed by atoms with van der Waals surface area (Å²) < 4.78 is 0. The van der Waals surface area contributed by atoms with Crippen LogP contribution in [0.1, 0.15) is 60.8 Å². The highest BCUT2D eigenvalue weighted by atomic mass is 127. The summed E-state index contributed by atoms with van der Waals surface area (Å²) in [4.78, 5) is 18.7. The van der Waals surface area contributed by atoms with Gasteiger partial charge in [-0.3, -0.25) is 9.79 Å². The molecule has 0 radical (unpaired) electrons. The summed E-state index contributed by atoms with van der Waals surface area (Å²) >= 11 is 0. The van der Waals surface area contributed by atoms with Crippen LogP contribution in [0.25, 0.3) is 0 Å². The molecule has 0 fully saturated rings. The smallest absolute Gasteiger partial charge is 0.240 e. The van der Waals surface area contributed by atoms with Crippen molar-refractivity contribution < 1.29 is 9.90 Å². The van der Waals surface area contributed by atoms with Crippen LogP contribution in [0.5, 0.6) is 0 Å². The predicted octanol–water partition coefficient (Wildman–Crippen LogP) is 2.61. The minimum Gasteiger partial charge on any atom is -0.396 e. The third-order valence-corrected chi connectivity index (χ3v) is 4.30. The largest absolute Gasteiger partial charge is 0.396 e. The van der Waals surface area contributed by atoms with Crippen LogP contribution >= 0.6 is 24.0 Å². The van der Waals surface area contributed by atoms with Gasteiger partial charge in [0, 0.05) is 32.3 Å². The number of nitrogens with zero attached hydrogens (tertiary/aromatic N) is 2. The second kappa shape index (κ2) is 12.7. The minimum atomic E-state index is -0.242. The molecule has 0 spiro atoms. The minimum absolute atomic E-state index is 0. The van der Waals surface area contributed by atoms with Crippen molar-refractivity contribution in [1.82, 2.24) is 15.5 Å². The van der Waals surface area contributed by atoms with Crippen LogP contribution in [-0.4, -0.2) is 60.7 Å². The molecule has 0 saturated heterocycles. The van der Waals surface area contributed by atoms with Crippen molar-refractivity contribution in [3.8, 4) is 0 Å². The lowest BCUT2D eigenvalue weighted by atomic mass is 9.79. The number of rotatable bonds is 9. The normalized spacial score (nSPS) is 12.4. The third-order valence-electron chi connectivity index (χ3n) is 4.30. The van der Waals surface area contributed by atoms with E-state index in [4.69, 9.17) is 4.99 Å². The number of hydrogen-bond donors (Lipinski definition) is 3. The Labute approximate surface area is 171 Å². The van der Waals surface area contributed by atoms with Gasteiger partial charge in [-0.25, -0.2) is 0 Å². The number of aliphatic imine (C=N–C) groups is 1. The molecule has 150 valence electrons. The van der Waals surface area contributed by atoms with E-state index in [0.29, 0.717) is 6.54 Å². The van der Waals surface area contributed by atoms with Crippen molar-refractivity contribution in [3.63, 3.8) is 0 Å².